The standard InChI is InChI=1S/C21H27N3O3/c1-2-13-23-24(19(21(26)27)15-17-11-7-4-8-12-17)20(25)18(22)14-16-9-5-3-6-10-16/h3-12,18-19,23H,2,13-15,22H2,1H3,(H,26,27). The van der Waals surface area contributed by atoms with Gasteiger partial charge in [0.15, 0.2) is 0 Å². The third-order valence-electron chi connectivity index (χ3n) is 4.25. The van der Waals surface area contributed by atoms with Crippen LogP contribution in [0, 0.1) is 0 Å². The first-order valence-corrected chi connectivity index (χ1v) is 9.15. The lowest BCUT2D eigenvalue weighted by atomic mass is 10.0. The topological polar surface area (TPSA) is 95.7 Å². The predicted molar refractivity (Wildman–Crippen MR) is 105 cm³/mol. The monoisotopic (exact) mass is 369 g/mol. The predicted octanol–water partition coefficient (Wildman–Crippen LogP) is 2.00. The van der Waals surface area contributed by atoms with Crippen LogP contribution >= 0.6 is 0 Å². The van der Waals surface area contributed by atoms with E-state index in [0.717, 1.165) is 17.5 Å². The van der Waals surface area contributed by atoms with E-state index >= 15 is 0 Å². The van der Waals surface area contributed by atoms with Gasteiger partial charge in [0.2, 0.25) is 0 Å². The Hall–Kier alpha value is -2.70. The van der Waals surface area contributed by atoms with Crippen molar-refractivity contribution in [1.82, 2.24) is 10.4 Å². The van der Waals surface area contributed by atoms with Crippen LogP contribution in [0.4, 0.5) is 0 Å². The Balaban J connectivity index is 2.19. The summed E-state index contributed by atoms with van der Waals surface area (Å²) < 4.78 is 0. The fraction of sp³-hybridized carbons (Fsp3) is 0.333. The molecule has 2 rings (SSSR count). The van der Waals surface area contributed by atoms with E-state index in [9.17, 15) is 14.7 Å². The summed E-state index contributed by atoms with van der Waals surface area (Å²) in [4.78, 5) is 24.9. The van der Waals surface area contributed by atoms with Crippen LogP contribution in [0.2, 0.25) is 0 Å². The zero-order valence-electron chi connectivity index (χ0n) is 15.5. The van der Waals surface area contributed by atoms with E-state index in [4.69, 9.17) is 5.73 Å². The molecule has 2 aromatic rings. The third-order valence-corrected chi connectivity index (χ3v) is 4.25. The molecule has 0 spiro atoms. The van der Waals surface area contributed by atoms with Crippen molar-refractivity contribution < 1.29 is 14.7 Å². The molecule has 6 heteroatoms. The molecular weight excluding hydrogens is 342 g/mol. The molecule has 6 nitrogen and oxygen atoms in total. The highest BCUT2D eigenvalue weighted by atomic mass is 16.4. The number of carboxylic acids is 1. The number of hydrogen-bond donors (Lipinski definition) is 3. The van der Waals surface area contributed by atoms with Crippen LogP contribution < -0.4 is 11.2 Å². The molecule has 144 valence electrons. The van der Waals surface area contributed by atoms with Gasteiger partial charge in [-0.3, -0.25) is 9.80 Å². The molecule has 0 aliphatic heterocycles. The van der Waals surface area contributed by atoms with Gasteiger partial charge in [-0.25, -0.2) is 10.2 Å². The molecule has 0 bridgehead atoms. The molecule has 0 aliphatic rings. The first kappa shape index (κ1) is 20.6. The van der Waals surface area contributed by atoms with Gasteiger partial charge < -0.3 is 10.8 Å². The number of carbonyl (C=O) groups excluding carboxylic acids is 1. The van der Waals surface area contributed by atoms with Gasteiger partial charge in [-0.2, -0.15) is 0 Å². The SMILES string of the molecule is CCCNN(C(=O)C(N)Cc1ccccc1)C(Cc1ccccc1)C(=O)O. The van der Waals surface area contributed by atoms with Crippen LogP contribution in [0.25, 0.3) is 0 Å². The number of rotatable bonds is 10. The first-order chi connectivity index (χ1) is 13.0. The van der Waals surface area contributed by atoms with Crippen LogP contribution in [0.1, 0.15) is 24.5 Å². The maximum absolute atomic E-state index is 13.0. The largest absolute Gasteiger partial charge is 0.480 e. The number of carboxylic acid groups (broad SMARTS) is 1. The quantitative estimate of drug-likeness (QED) is 0.557. The lowest BCUT2D eigenvalue weighted by Gasteiger charge is -2.31. The number of amides is 1. The van der Waals surface area contributed by atoms with Crippen LogP contribution in [0.5, 0.6) is 0 Å². The molecular formula is C21H27N3O3. The lowest BCUT2D eigenvalue weighted by molar-refractivity contribution is -0.154. The van der Waals surface area contributed by atoms with Crippen LogP contribution in [-0.4, -0.2) is 40.6 Å². The molecule has 0 heterocycles. The molecule has 0 aromatic heterocycles. The molecule has 0 saturated carbocycles. The fourth-order valence-corrected chi connectivity index (χ4v) is 2.83. The number of nitrogens with one attached hydrogen (secondary N) is 1. The number of hydrogen-bond acceptors (Lipinski definition) is 4. The second-order valence-corrected chi connectivity index (χ2v) is 6.46. The van der Waals surface area contributed by atoms with Crippen molar-refractivity contribution in [3.05, 3.63) is 71.8 Å². The number of benzene rings is 2. The van der Waals surface area contributed by atoms with Gasteiger partial charge in [-0.15, -0.1) is 0 Å². The molecule has 2 atom stereocenters. The second kappa shape index (κ2) is 10.4. The zero-order valence-corrected chi connectivity index (χ0v) is 15.5. The van der Waals surface area contributed by atoms with E-state index in [-0.39, 0.29) is 6.42 Å². The molecule has 2 aromatic carbocycles. The van der Waals surface area contributed by atoms with Crippen molar-refractivity contribution in [3.63, 3.8) is 0 Å². The van der Waals surface area contributed by atoms with Gasteiger partial charge in [-0.05, 0) is 24.0 Å². The molecule has 0 fully saturated rings. The maximum Gasteiger partial charge on any atom is 0.328 e. The van der Waals surface area contributed by atoms with Crippen LogP contribution in [0.3, 0.4) is 0 Å². The van der Waals surface area contributed by atoms with E-state index in [1.165, 1.54) is 5.01 Å². The molecule has 27 heavy (non-hydrogen) atoms. The Morgan fingerprint density at radius 1 is 1.00 bits per heavy atom. The Morgan fingerprint density at radius 3 is 2.00 bits per heavy atom. The summed E-state index contributed by atoms with van der Waals surface area (Å²) in [6, 6.07) is 16.9. The molecule has 2 unspecified atom stereocenters. The minimum Gasteiger partial charge on any atom is -0.480 e. The highest BCUT2D eigenvalue weighted by Crippen LogP contribution is 2.11. The number of aliphatic carboxylic acids is 1. The van der Waals surface area contributed by atoms with Crippen LogP contribution in [0.15, 0.2) is 60.7 Å². The summed E-state index contributed by atoms with van der Waals surface area (Å²) in [5.74, 6) is -1.49. The summed E-state index contributed by atoms with van der Waals surface area (Å²) in [7, 11) is 0. The molecule has 0 saturated heterocycles. The van der Waals surface area contributed by atoms with E-state index in [0.29, 0.717) is 13.0 Å². The summed E-state index contributed by atoms with van der Waals surface area (Å²) in [5.41, 5.74) is 10.9. The Bertz CT molecular complexity index is 722. The lowest BCUT2D eigenvalue weighted by Crippen LogP contribution is -2.58. The zero-order chi connectivity index (χ0) is 19.6. The Labute approximate surface area is 160 Å². The summed E-state index contributed by atoms with van der Waals surface area (Å²) in [6.45, 7) is 2.44. The average molecular weight is 369 g/mol. The second-order valence-electron chi connectivity index (χ2n) is 6.46. The summed E-state index contributed by atoms with van der Waals surface area (Å²) >= 11 is 0. The third kappa shape index (κ3) is 6.20. The number of hydrazine groups is 1. The van der Waals surface area contributed by atoms with Crippen molar-refractivity contribution in [2.75, 3.05) is 6.54 Å². The first-order valence-electron chi connectivity index (χ1n) is 9.15. The normalized spacial score (nSPS) is 13.0. The fourth-order valence-electron chi connectivity index (χ4n) is 2.83. The number of carbonyl (C=O) groups is 2. The average Bonchev–Trinajstić information content (AvgIpc) is 2.68. The smallest absolute Gasteiger partial charge is 0.328 e. The van der Waals surface area contributed by atoms with Gasteiger partial charge in [0.25, 0.3) is 5.91 Å². The van der Waals surface area contributed by atoms with Crippen molar-refractivity contribution in [3.8, 4) is 0 Å². The highest BCUT2D eigenvalue weighted by molar-refractivity contribution is 5.87. The summed E-state index contributed by atoms with van der Waals surface area (Å²) in [5, 5.41) is 11.0. The van der Waals surface area contributed by atoms with Gasteiger partial charge in [-0.1, -0.05) is 67.6 Å². The van der Waals surface area contributed by atoms with E-state index < -0.39 is 24.0 Å². The van der Waals surface area contributed by atoms with Crippen molar-refractivity contribution in [1.29, 1.82) is 0 Å². The number of nitrogens with two attached hydrogens (primary N) is 1. The summed E-state index contributed by atoms with van der Waals surface area (Å²) in [6.07, 6.45) is 1.31. The Morgan fingerprint density at radius 2 is 1.52 bits per heavy atom. The van der Waals surface area contributed by atoms with E-state index in [1.54, 1.807) is 0 Å². The van der Waals surface area contributed by atoms with Gasteiger partial charge in [0.1, 0.15) is 6.04 Å². The molecule has 1 amide bonds. The van der Waals surface area contributed by atoms with Crippen LogP contribution in [-0.2, 0) is 22.4 Å². The van der Waals surface area contributed by atoms with Crippen molar-refractivity contribution in [2.24, 2.45) is 5.73 Å². The van der Waals surface area contributed by atoms with Gasteiger partial charge in [0.05, 0.1) is 6.04 Å². The maximum atomic E-state index is 13.0. The van der Waals surface area contributed by atoms with Crippen molar-refractivity contribution >= 4 is 11.9 Å². The minimum absolute atomic E-state index is 0.205. The molecule has 0 radical (unpaired) electrons. The highest BCUT2D eigenvalue weighted by Gasteiger charge is 2.32. The molecule has 4 N–H and O–H groups in total. The number of nitrogens with zero attached hydrogens (tertiary/aromatic N) is 1. The van der Waals surface area contributed by atoms with Crippen molar-refractivity contribution in [2.45, 2.75) is 38.3 Å². The minimum atomic E-state index is -1.07. The van der Waals surface area contributed by atoms with Gasteiger partial charge in [0, 0.05) is 13.0 Å². The molecule has 0 aliphatic carbocycles. The van der Waals surface area contributed by atoms with E-state index in [1.807, 2.05) is 67.6 Å². The van der Waals surface area contributed by atoms with E-state index in [2.05, 4.69) is 5.43 Å². The Kier molecular flexibility index (Phi) is 7.98. The van der Waals surface area contributed by atoms with Gasteiger partial charge >= 0.3 is 5.97 Å².